The Kier molecular flexibility index (Phi) is 6.65. The van der Waals surface area contributed by atoms with Crippen LogP contribution in [0, 0.1) is 0 Å². The predicted molar refractivity (Wildman–Crippen MR) is 128 cm³/mol. The molecule has 0 fully saturated rings. The first-order valence-electron chi connectivity index (χ1n) is 10.4. The number of aromatic nitrogens is 2. The van der Waals surface area contributed by atoms with E-state index in [1.807, 2.05) is 54.6 Å². The second kappa shape index (κ2) is 10.1. The zero-order valence-corrected chi connectivity index (χ0v) is 18.0. The zero-order chi connectivity index (χ0) is 23.0. The molecule has 0 unspecified atom stereocenters. The SMILES string of the molecule is CCOC(=O)c1ccccc1Nc1ncnc(Nc2ccc(Oc3ccccc3)cc2)c1N. The quantitative estimate of drug-likeness (QED) is 0.307. The molecule has 0 spiro atoms. The van der Waals surface area contributed by atoms with Crippen molar-refractivity contribution in [1.82, 2.24) is 9.97 Å². The minimum Gasteiger partial charge on any atom is -0.462 e. The first-order chi connectivity index (χ1) is 16.1. The lowest BCUT2D eigenvalue weighted by Gasteiger charge is -2.14. The molecule has 8 heteroatoms. The third-order valence-electron chi connectivity index (χ3n) is 4.66. The fraction of sp³-hybridized carbons (Fsp3) is 0.0800. The number of carbonyl (C=O) groups excluding carboxylic acids is 1. The molecule has 0 bridgehead atoms. The molecule has 4 N–H and O–H groups in total. The van der Waals surface area contributed by atoms with Crippen LogP contribution in [0.1, 0.15) is 17.3 Å². The van der Waals surface area contributed by atoms with Crippen LogP contribution in [0.2, 0.25) is 0 Å². The van der Waals surface area contributed by atoms with Crippen LogP contribution in [0.15, 0.2) is 85.2 Å². The average Bonchev–Trinajstić information content (AvgIpc) is 2.84. The molecule has 8 nitrogen and oxygen atoms in total. The molecule has 3 aromatic carbocycles. The van der Waals surface area contributed by atoms with Crippen LogP contribution in [0.3, 0.4) is 0 Å². The summed E-state index contributed by atoms with van der Waals surface area (Å²) in [6.45, 7) is 2.04. The minimum absolute atomic E-state index is 0.284. The Morgan fingerprint density at radius 2 is 1.48 bits per heavy atom. The van der Waals surface area contributed by atoms with Gasteiger partial charge in [-0.1, -0.05) is 30.3 Å². The van der Waals surface area contributed by atoms with Crippen LogP contribution in [0.5, 0.6) is 11.5 Å². The lowest BCUT2D eigenvalue weighted by atomic mass is 10.2. The maximum absolute atomic E-state index is 12.2. The molecular formula is C25H23N5O3. The highest BCUT2D eigenvalue weighted by Crippen LogP contribution is 2.30. The molecule has 0 saturated carbocycles. The van der Waals surface area contributed by atoms with Crippen LogP contribution >= 0.6 is 0 Å². The van der Waals surface area contributed by atoms with E-state index in [0.717, 1.165) is 11.4 Å². The van der Waals surface area contributed by atoms with Gasteiger partial charge in [-0.3, -0.25) is 0 Å². The van der Waals surface area contributed by atoms with Crippen molar-refractivity contribution in [3.63, 3.8) is 0 Å². The fourth-order valence-electron chi connectivity index (χ4n) is 3.07. The van der Waals surface area contributed by atoms with Crippen molar-refractivity contribution in [2.75, 3.05) is 23.0 Å². The number of ether oxygens (including phenoxy) is 2. The Labute approximate surface area is 191 Å². The van der Waals surface area contributed by atoms with E-state index in [4.69, 9.17) is 15.2 Å². The van der Waals surface area contributed by atoms with E-state index in [2.05, 4.69) is 20.6 Å². The zero-order valence-electron chi connectivity index (χ0n) is 18.0. The highest BCUT2D eigenvalue weighted by molar-refractivity contribution is 5.97. The number of hydrogen-bond donors (Lipinski definition) is 3. The average molecular weight is 441 g/mol. The number of carbonyl (C=O) groups is 1. The number of nitrogens with two attached hydrogens (primary N) is 1. The van der Waals surface area contributed by atoms with Gasteiger partial charge >= 0.3 is 5.97 Å². The highest BCUT2D eigenvalue weighted by Gasteiger charge is 2.15. The molecule has 4 aromatic rings. The Morgan fingerprint density at radius 1 is 0.848 bits per heavy atom. The van der Waals surface area contributed by atoms with Gasteiger partial charge < -0.3 is 25.8 Å². The van der Waals surface area contributed by atoms with Crippen LogP contribution in [-0.2, 0) is 4.74 Å². The Bertz CT molecular complexity index is 1230. The number of benzene rings is 3. The summed E-state index contributed by atoms with van der Waals surface area (Å²) in [6.07, 6.45) is 1.39. The number of nitrogen functional groups attached to an aromatic ring is 1. The smallest absolute Gasteiger partial charge is 0.340 e. The number of hydrogen-bond acceptors (Lipinski definition) is 8. The second-order valence-corrected chi connectivity index (χ2v) is 6.94. The molecular weight excluding hydrogens is 418 g/mol. The first kappa shape index (κ1) is 21.6. The Balaban J connectivity index is 1.50. The van der Waals surface area contributed by atoms with Crippen molar-refractivity contribution in [1.29, 1.82) is 0 Å². The third-order valence-corrected chi connectivity index (χ3v) is 4.66. The summed E-state index contributed by atoms with van der Waals surface area (Å²) in [5.74, 6) is 1.84. The molecule has 0 aliphatic carbocycles. The van der Waals surface area contributed by atoms with Crippen molar-refractivity contribution >= 4 is 34.7 Å². The molecule has 1 heterocycles. The van der Waals surface area contributed by atoms with Crippen molar-refractivity contribution in [3.8, 4) is 11.5 Å². The number of anilines is 5. The van der Waals surface area contributed by atoms with Crippen molar-refractivity contribution < 1.29 is 14.3 Å². The standard InChI is InChI=1S/C25H23N5O3/c1-2-32-25(31)20-10-6-7-11-21(20)30-24-22(26)23(27-16-28-24)29-17-12-14-19(15-13-17)33-18-8-4-3-5-9-18/h3-16H,2,26H2,1H3,(H2,27,28,29,30). The van der Waals surface area contributed by atoms with Gasteiger partial charge in [-0.25, -0.2) is 14.8 Å². The normalized spacial score (nSPS) is 10.3. The van der Waals surface area contributed by atoms with E-state index >= 15 is 0 Å². The molecule has 33 heavy (non-hydrogen) atoms. The van der Waals surface area contributed by atoms with Crippen LogP contribution in [0.25, 0.3) is 0 Å². The molecule has 0 amide bonds. The molecule has 0 aliphatic rings. The third kappa shape index (κ3) is 5.37. The summed E-state index contributed by atoms with van der Waals surface area (Å²) in [6, 6.07) is 24.0. The number of nitrogens with one attached hydrogen (secondary N) is 2. The molecule has 4 rings (SSSR count). The van der Waals surface area contributed by atoms with Crippen LogP contribution < -0.4 is 21.1 Å². The van der Waals surface area contributed by atoms with E-state index in [9.17, 15) is 4.79 Å². The number of rotatable bonds is 8. The second-order valence-electron chi connectivity index (χ2n) is 6.94. The van der Waals surface area contributed by atoms with Crippen molar-refractivity contribution in [2.24, 2.45) is 0 Å². The summed E-state index contributed by atoms with van der Waals surface area (Å²) in [7, 11) is 0. The van der Waals surface area contributed by atoms with Gasteiger partial charge in [0.15, 0.2) is 11.6 Å². The van der Waals surface area contributed by atoms with Gasteiger partial charge in [0.05, 0.1) is 17.9 Å². The van der Waals surface area contributed by atoms with Gasteiger partial charge in [-0.15, -0.1) is 0 Å². The van der Waals surface area contributed by atoms with Crippen LogP contribution in [-0.4, -0.2) is 22.5 Å². The summed E-state index contributed by atoms with van der Waals surface area (Å²) >= 11 is 0. The van der Waals surface area contributed by atoms with E-state index in [1.165, 1.54) is 6.33 Å². The molecule has 166 valence electrons. The van der Waals surface area contributed by atoms with E-state index < -0.39 is 5.97 Å². The van der Waals surface area contributed by atoms with Crippen LogP contribution in [0.4, 0.5) is 28.7 Å². The maximum atomic E-state index is 12.2. The lowest BCUT2D eigenvalue weighted by molar-refractivity contribution is 0.0527. The van der Waals surface area contributed by atoms with Gasteiger partial charge in [0.1, 0.15) is 23.5 Å². The summed E-state index contributed by atoms with van der Waals surface area (Å²) < 4.78 is 10.9. The van der Waals surface area contributed by atoms with E-state index in [1.54, 1.807) is 31.2 Å². The van der Waals surface area contributed by atoms with Gasteiger partial charge in [0.25, 0.3) is 0 Å². The highest BCUT2D eigenvalue weighted by atomic mass is 16.5. The first-order valence-corrected chi connectivity index (χ1v) is 10.4. The topological polar surface area (TPSA) is 111 Å². The number of nitrogens with zero attached hydrogens (tertiary/aromatic N) is 2. The lowest BCUT2D eigenvalue weighted by Crippen LogP contribution is -2.10. The Hall–Kier alpha value is -4.59. The number of para-hydroxylation sites is 2. The summed E-state index contributed by atoms with van der Waals surface area (Å²) in [5.41, 5.74) is 8.31. The molecule has 0 saturated heterocycles. The monoisotopic (exact) mass is 441 g/mol. The van der Waals surface area contributed by atoms with E-state index in [0.29, 0.717) is 34.3 Å². The summed E-state index contributed by atoms with van der Waals surface area (Å²) in [5, 5.41) is 6.29. The minimum atomic E-state index is -0.426. The van der Waals surface area contributed by atoms with Crippen molar-refractivity contribution in [3.05, 3.63) is 90.8 Å². The van der Waals surface area contributed by atoms with Gasteiger partial charge in [0, 0.05) is 5.69 Å². The fourth-order valence-corrected chi connectivity index (χ4v) is 3.07. The van der Waals surface area contributed by atoms with Gasteiger partial charge in [-0.05, 0) is 55.5 Å². The maximum Gasteiger partial charge on any atom is 0.340 e. The molecule has 0 radical (unpaired) electrons. The number of esters is 1. The van der Waals surface area contributed by atoms with Crippen molar-refractivity contribution in [2.45, 2.75) is 6.92 Å². The molecule has 0 aliphatic heterocycles. The largest absolute Gasteiger partial charge is 0.462 e. The Morgan fingerprint density at radius 3 is 2.21 bits per heavy atom. The van der Waals surface area contributed by atoms with Gasteiger partial charge in [-0.2, -0.15) is 0 Å². The predicted octanol–water partition coefficient (Wildman–Crippen LogP) is 5.52. The molecule has 0 atom stereocenters. The molecule has 1 aromatic heterocycles. The van der Waals surface area contributed by atoms with Gasteiger partial charge in [0.2, 0.25) is 0 Å². The van der Waals surface area contributed by atoms with E-state index in [-0.39, 0.29) is 6.61 Å². The summed E-state index contributed by atoms with van der Waals surface area (Å²) in [4.78, 5) is 20.7.